The van der Waals surface area contributed by atoms with E-state index in [1.807, 2.05) is 0 Å². The molecule has 2 N–H and O–H groups in total. The van der Waals surface area contributed by atoms with Gasteiger partial charge in [0, 0.05) is 7.05 Å². The highest BCUT2D eigenvalue weighted by Crippen LogP contribution is 2.20. The van der Waals surface area contributed by atoms with E-state index in [-0.39, 0.29) is 11.9 Å². The van der Waals surface area contributed by atoms with Crippen LogP contribution in [0.25, 0.3) is 0 Å². The van der Waals surface area contributed by atoms with Crippen LogP contribution in [0.4, 0.5) is 0 Å². The second kappa shape index (κ2) is 4.41. The van der Waals surface area contributed by atoms with Gasteiger partial charge in [0.25, 0.3) is 0 Å². The summed E-state index contributed by atoms with van der Waals surface area (Å²) in [5.41, 5.74) is 0. The third-order valence-corrected chi connectivity index (χ3v) is 2.70. The fraction of sp³-hybridized carbons (Fsp3) is 0.778. The molecular weight excluding hydrogens is 184 g/mol. The fourth-order valence-corrected chi connectivity index (χ4v) is 1.88. The maximum absolute atomic E-state index is 11.3. The molecule has 0 radical (unpaired) electrons. The number of carboxylic acids is 1. The van der Waals surface area contributed by atoms with Crippen LogP contribution in [-0.4, -0.2) is 47.6 Å². The van der Waals surface area contributed by atoms with Crippen molar-refractivity contribution in [3.05, 3.63) is 0 Å². The Kier molecular flexibility index (Phi) is 3.46. The lowest BCUT2D eigenvalue weighted by Crippen LogP contribution is -2.48. The number of likely N-dealkylation sites (N-methyl/N-ethyl adjacent to an activating group) is 1. The quantitative estimate of drug-likeness (QED) is 0.654. The number of amides is 1. The van der Waals surface area contributed by atoms with E-state index >= 15 is 0 Å². The largest absolute Gasteiger partial charge is 0.480 e. The highest BCUT2D eigenvalue weighted by Gasteiger charge is 2.35. The molecule has 0 aliphatic carbocycles. The van der Waals surface area contributed by atoms with Gasteiger partial charge in [-0.2, -0.15) is 0 Å². The normalized spacial score (nSPS) is 24.6. The average Bonchev–Trinajstić information content (AvgIpc) is 2.63. The van der Waals surface area contributed by atoms with Gasteiger partial charge in [0.15, 0.2) is 0 Å². The lowest BCUT2D eigenvalue weighted by molar-refractivity contribution is -0.143. The molecule has 0 spiro atoms. The Balaban J connectivity index is 2.66. The predicted octanol–water partition coefficient (Wildman–Crippen LogP) is -0.330. The van der Waals surface area contributed by atoms with E-state index < -0.39 is 12.0 Å². The highest BCUT2D eigenvalue weighted by atomic mass is 16.4. The molecule has 1 heterocycles. The van der Waals surface area contributed by atoms with Gasteiger partial charge >= 0.3 is 5.97 Å². The summed E-state index contributed by atoms with van der Waals surface area (Å²) < 4.78 is 0. The van der Waals surface area contributed by atoms with Crippen LogP contribution >= 0.6 is 0 Å². The molecule has 2 atom stereocenters. The molecule has 1 saturated heterocycles. The number of carbonyl (C=O) groups excluding carboxylic acids is 1. The molecule has 5 heteroatoms. The summed E-state index contributed by atoms with van der Waals surface area (Å²) in [6, 6.07) is -0.856. The summed E-state index contributed by atoms with van der Waals surface area (Å²) in [7, 11) is 1.56. The van der Waals surface area contributed by atoms with Gasteiger partial charge in [-0.3, -0.25) is 14.5 Å². The van der Waals surface area contributed by atoms with E-state index in [1.54, 1.807) is 18.9 Å². The smallest absolute Gasteiger partial charge is 0.320 e. The topological polar surface area (TPSA) is 69.6 Å². The first-order valence-electron chi connectivity index (χ1n) is 4.78. The van der Waals surface area contributed by atoms with Crippen molar-refractivity contribution in [3.8, 4) is 0 Å². The van der Waals surface area contributed by atoms with Gasteiger partial charge in [-0.25, -0.2) is 0 Å². The minimum absolute atomic E-state index is 0.127. The second-order valence-electron chi connectivity index (χ2n) is 3.52. The first-order chi connectivity index (χ1) is 6.57. The Bertz CT molecular complexity index is 242. The third-order valence-electron chi connectivity index (χ3n) is 2.70. The Labute approximate surface area is 83.1 Å². The minimum atomic E-state index is -0.835. The maximum Gasteiger partial charge on any atom is 0.320 e. The number of carbonyl (C=O) groups is 2. The lowest BCUT2D eigenvalue weighted by Gasteiger charge is -2.26. The summed E-state index contributed by atoms with van der Waals surface area (Å²) >= 11 is 0. The summed E-state index contributed by atoms with van der Waals surface area (Å²) in [5.74, 6) is -0.962. The number of aliphatic carboxylic acids is 1. The first-order valence-corrected chi connectivity index (χ1v) is 4.78. The molecule has 1 aliphatic heterocycles. The first kappa shape index (κ1) is 11.0. The zero-order valence-electron chi connectivity index (χ0n) is 8.49. The Morgan fingerprint density at radius 1 is 1.57 bits per heavy atom. The van der Waals surface area contributed by atoms with E-state index in [2.05, 4.69) is 5.32 Å². The number of rotatable bonds is 3. The molecule has 0 aromatic heterocycles. The monoisotopic (exact) mass is 200 g/mol. The van der Waals surface area contributed by atoms with Gasteiger partial charge in [0.05, 0.1) is 6.04 Å². The van der Waals surface area contributed by atoms with E-state index in [1.165, 1.54) is 0 Å². The van der Waals surface area contributed by atoms with E-state index in [0.717, 1.165) is 6.42 Å². The third kappa shape index (κ3) is 2.04. The standard InChI is InChI=1S/C9H16N2O3/c1-6(8(12)10-2)11-5-3-4-7(11)9(13)14/h6-7H,3-5H2,1-2H3,(H,10,12)(H,13,14). The fourth-order valence-electron chi connectivity index (χ4n) is 1.88. The van der Waals surface area contributed by atoms with Crippen LogP contribution in [0.3, 0.4) is 0 Å². The van der Waals surface area contributed by atoms with Crippen LogP contribution in [-0.2, 0) is 9.59 Å². The summed E-state index contributed by atoms with van der Waals surface area (Å²) in [4.78, 5) is 23.9. The molecule has 80 valence electrons. The minimum Gasteiger partial charge on any atom is -0.480 e. The average molecular weight is 200 g/mol. The van der Waals surface area contributed by atoms with Crippen LogP contribution in [0.1, 0.15) is 19.8 Å². The van der Waals surface area contributed by atoms with Crippen LogP contribution in [0.15, 0.2) is 0 Å². The maximum atomic E-state index is 11.3. The van der Waals surface area contributed by atoms with Crippen molar-refractivity contribution in [2.75, 3.05) is 13.6 Å². The van der Waals surface area contributed by atoms with Crippen molar-refractivity contribution in [1.82, 2.24) is 10.2 Å². The van der Waals surface area contributed by atoms with Gasteiger partial charge in [-0.15, -0.1) is 0 Å². The summed E-state index contributed by atoms with van der Waals surface area (Å²) in [6.45, 7) is 2.42. The van der Waals surface area contributed by atoms with Crippen LogP contribution in [0.2, 0.25) is 0 Å². The van der Waals surface area contributed by atoms with Gasteiger partial charge in [-0.1, -0.05) is 0 Å². The molecule has 1 rings (SSSR count). The van der Waals surface area contributed by atoms with Crippen molar-refractivity contribution in [2.45, 2.75) is 31.8 Å². The summed E-state index contributed by atoms with van der Waals surface area (Å²) in [6.07, 6.45) is 1.48. The molecular formula is C9H16N2O3. The molecule has 1 aliphatic rings. The molecule has 0 aromatic rings. The van der Waals surface area contributed by atoms with Gasteiger partial charge in [0.1, 0.15) is 6.04 Å². The predicted molar refractivity (Wildman–Crippen MR) is 50.9 cm³/mol. The highest BCUT2D eigenvalue weighted by molar-refractivity contribution is 5.82. The van der Waals surface area contributed by atoms with E-state index in [0.29, 0.717) is 13.0 Å². The van der Waals surface area contributed by atoms with Crippen LogP contribution in [0.5, 0.6) is 0 Å². The second-order valence-corrected chi connectivity index (χ2v) is 3.52. The van der Waals surface area contributed by atoms with Crippen molar-refractivity contribution >= 4 is 11.9 Å². The Hall–Kier alpha value is -1.10. The Morgan fingerprint density at radius 2 is 2.21 bits per heavy atom. The van der Waals surface area contributed by atoms with Crippen LogP contribution < -0.4 is 5.32 Å². The SMILES string of the molecule is CNC(=O)C(C)N1CCCC1C(=O)O. The molecule has 1 fully saturated rings. The number of hydrogen-bond donors (Lipinski definition) is 2. The van der Waals surface area contributed by atoms with Crippen LogP contribution in [0, 0.1) is 0 Å². The van der Waals surface area contributed by atoms with Gasteiger partial charge in [-0.05, 0) is 26.3 Å². The number of nitrogens with one attached hydrogen (secondary N) is 1. The molecule has 0 saturated carbocycles. The Morgan fingerprint density at radius 3 is 2.71 bits per heavy atom. The number of likely N-dealkylation sites (tertiary alicyclic amines) is 1. The summed E-state index contributed by atoms with van der Waals surface area (Å²) in [5, 5.41) is 11.4. The molecule has 1 amide bonds. The van der Waals surface area contributed by atoms with Gasteiger partial charge < -0.3 is 10.4 Å². The molecule has 2 unspecified atom stereocenters. The molecule has 14 heavy (non-hydrogen) atoms. The molecule has 0 aromatic carbocycles. The van der Waals surface area contributed by atoms with Crippen molar-refractivity contribution < 1.29 is 14.7 Å². The zero-order chi connectivity index (χ0) is 10.7. The van der Waals surface area contributed by atoms with Gasteiger partial charge in [0.2, 0.25) is 5.91 Å². The van der Waals surface area contributed by atoms with Crippen molar-refractivity contribution in [1.29, 1.82) is 0 Å². The van der Waals surface area contributed by atoms with E-state index in [4.69, 9.17) is 5.11 Å². The van der Waals surface area contributed by atoms with E-state index in [9.17, 15) is 9.59 Å². The number of carboxylic acid groups (broad SMARTS) is 1. The number of nitrogens with zero attached hydrogens (tertiary/aromatic N) is 1. The lowest BCUT2D eigenvalue weighted by atomic mass is 10.2. The molecule has 0 bridgehead atoms. The molecule has 5 nitrogen and oxygen atoms in total. The number of hydrogen-bond acceptors (Lipinski definition) is 3. The van der Waals surface area contributed by atoms with Crippen molar-refractivity contribution in [3.63, 3.8) is 0 Å². The zero-order valence-corrected chi connectivity index (χ0v) is 8.49. The van der Waals surface area contributed by atoms with Crippen molar-refractivity contribution in [2.24, 2.45) is 0 Å².